The van der Waals surface area contributed by atoms with Crippen molar-refractivity contribution < 1.29 is 17.4 Å². The molecule has 0 fully saturated rings. The average molecular weight is 385 g/mol. The van der Waals surface area contributed by atoms with Crippen LogP contribution >= 0.6 is 0 Å². The molecule has 0 unspecified atom stereocenters. The van der Waals surface area contributed by atoms with Gasteiger partial charge in [-0.15, -0.1) is 0 Å². The van der Waals surface area contributed by atoms with E-state index < -0.39 is 10.3 Å². The maximum Gasteiger partial charge on any atom is 0.380 e. The molecule has 1 aromatic carbocycles. The monoisotopic (exact) mass is 384 g/mol. The first-order chi connectivity index (χ1) is 12.4. The second-order valence-corrected chi connectivity index (χ2v) is 7.73. The van der Waals surface area contributed by atoms with E-state index >= 15 is 0 Å². The molecule has 0 atom stereocenters. The molecule has 6 nitrogen and oxygen atoms in total. The van der Waals surface area contributed by atoms with E-state index in [-0.39, 0.29) is 11.7 Å². The van der Waals surface area contributed by atoms with Crippen LogP contribution in [0.2, 0.25) is 0 Å². The highest BCUT2D eigenvalue weighted by atomic mass is 32.2. The summed E-state index contributed by atoms with van der Waals surface area (Å²) in [5.74, 6) is 0.190. The van der Waals surface area contributed by atoms with Crippen LogP contribution in [0, 0.1) is 0 Å². The predicted octanol–water partition coefficient (Wildman–Crippen LogP) is 3.81. The third-order valence-corrected chi connectivity index (χ3v) is 4.56. The molecule has 0 aliphatic rings. The number of nitrogens with one attached hydrogen (secondary N) is 1. The van der Waals surface area contributed by atoms with Crippen LogP contribution in [0.3, 0.4) is 0 Å². The van der Waals surface area contributed by atoms with Gasteiger partial charge in [-0.2, -0.15) is 13.6 Å². The molecule has 0 aromatic heterocycles. The van der Waals surface area contributed by atoms with Gasteiger partial charge in [-0.1, -0.05) is 70.4 Å². The number of carbonyl (C=O) groups excluding carboxylic acids is 1. The van der Waals surface area contributed by atoms with Gasteiger partial charge in [0, 0.05) is 13.0 Å². The van der Waals surface area contributed by atoms with E-state index in [0.717, 1.165) is 18.4 Å². The fourth-order valence-corrected chi connectivity index (χ4v) is 3.06. The molecule has 0 aliphatic heterocycles. The Bertz CT molecular complexity index is 615. The van der Waals surface area contributed by atoms with Gasteiger partial charge in [0.15, 0.2) is 0 Å². The van der Waals surface area contributed by atoms with Crippen molar-refractivity contribution in [2.45, 2.75) is 77.7 Å². The van der Waals surface area contributed by atoms with E-state index in [1.165, 1.54) is 57.1 Å². The highest BCUT2D eigenvalue weighted by Gasteiger charge is 2.05. The zero-order chi connectivity index (χ0) is 19.3. The molecule has 1 amide bonds. The molecule has 3 N–H and O–H groups in total. The summed E-state index contributed by atoms with van der Waals surface area (Å²) in [7, 11) is -4.01. The van der Waals surface area contributed by atoms with E-state index in [1.54, 1.807) is 12.1 Å². The highest BCUT2D eigenvalue weighted by molar-refractivity contribution is 7.84. The first-order valence-corrected chi connectivity index (χ1v) is 11.0. The molecule has 1 rings (SSSR count). The highest BCUT2D eigenvalue weighted by Crippen LogP contribution is 2.13. The van der Waals surface area contributed by atoms with Crippen LogP contribution in [0.4, 0.5) is 0 Å². The van der Waals surface area contributed by atoms with Gasteiger partial charge in [0.2, 0.25) is 5.91 Å². The van der Waals surface area contributed by atoms with Crippen LogP contribution in [0.5, 0.6) is 5.75 Å². The van der Waals surface area contributed by atoms with Crippen molar-refractivity contribution in [3.05, 3.63) is 29.8 Å². The molecule has 148 valence electrons. The Morgan fingerprint density at radius 1 is 0.962 bits per heavy atom. The number of unbranched alkanes of at least 4 members (excludes halogenated alkanes) is 8. The predicted molar refractivity (Wildman–Crippen MR) is 104 cm³/mol. The summed E-state index contributed by atoms with van der Waals surface area (Å²) in [6.45, 7) is 2.63. The number of benzene rings is 1. The maximum absolute atomic E-state index is 11.8. The molecule has 26 heavy (non-hydrogen) atoms. The average Bonchev–Trinajstić information content (AvgIpc) is 2.58. The zero-order valence-corrected chi connectivity index (χ0v) is 16.5. The summed E-state index contributed by atoms with van der Waals surface area (Å²) < 4.78 is 26.2. The van der Waals surface area contributed by atoms with Crippen LogP contribution in [0.25, 0.3) is 0 Å². The van der Waals surface area contributed by atoms with E-state index in [2.05, 4.69) is 16.4 Å². The van der Waals surface area contributed by atoms with Crippen molar-refractivity contribution in [1.29, 1.82) is 0 Å². The van der Waals surface area contributed by atoms with Crippen molar-refractivity contribution >= 4 is 16.2 Å². The summed E-state index contributed by atoms with van der Waals surface area (Å²) in [5, 5.41) is 7.67. The van der Waals surface area contributed by atoms with Crippen LogP contribution in [-0.4, -0.2) is 14.3 Å². The number of hydrogen-bond donors (Lipinski definition) is 2. The Morgan fingerprint density at radius 2 is 1.50 bits per heavy atom. The Labute approximate surface area is 157 Å². The second-order valence-electron chi connectivity index (χ2n) is 6.58. The molecule has 1 aromatic rings. The molecule has 0 bridgehead atoms. The van der Waals surface area contributed by atoms with Gasteiger partial charge in [-0.25, -0.2) is 0 Å². The molecule has 0 saturated carbocycles. The molecule has 0 saturated heterocycles. The fraction of sp³-hybridized carbons (Fsp3) is 0.632. The standard InChI is InChI=1S/C19H32N2O4S/c1-2-3-4-5-6-7-8-9-10-11-19(22)21-16-17-12-14-18(15-13-17)25-26(20,23)24/h12-15H,2-11,16H2,1H3,(H,21,22)(H2,20,23,24). The molecule has 0 aliphatic carbocycles. The summed E-state index contributed by atoms with van der Waals surface area (Å²) in [6, 6.07) is 6.40. The smallest absolute Gasteiger partial charge is 0.371 e. The van der Waals surface area contributed by atoms with Gasteiger partial charge in [-0.3, -0.25) is 4.79 Å². The fourth-order valence-electron chi connectivity index (χ4n) is 2.68. The van der Waals surface area contributed by atoms with Crippen molar-refractivity contribution in [2.24, 2.45) is 5.14 Å². The van der Waals surface area contributed by atoms with Gasteiger partial charge in [0.1, 0.15) is 5.75 Å². The van der Waals surface area contributed by atoms with Gasteiger partial charge in [0.25, 0.3) is 0 Å². The SMILES string of the molecule is CCCCCCCCCCCC(=O)NCc1ccc(OS(N)(=O)=O)cc1. The molecule has 0 radical (unpaired) electrons. The Balaban J connectivity index is 2.09. The Morgan fingerprint density at radius 3 is 2.04 bits per heavy atom. The van der Waals surface area contributed by atoms with Crippen molar-refractivity contribution in [3.8, 4) is 5.75 Å². The van der Waals surface area contributed by atoms with Gasteiger partial charge < -0.3 is 9.50 Å². The van der Waals surface area contributed by atoms with Crippen LogP contribution < -0.4 is 14.6 Å². The molecular formula is C19H32N2O4S. The van der Waals surface area contributed by atoms with Crippen LogP contribution in [0.1, 0.15) is 76.7 Å². The number of rotatable bonds is 14. The molecule has 0 spiro atoms. The third-order valence-electron chi connectivity index (χ3n) is 4.13. The van der Waals surface area contributed by atoms with E-state index in [4.69, 9.17) is 5.14 Å². The molecule has 0 heterocycles. The maximum atomic E-state index is 11.8. The van der Waals surface area contributed by atoms with E-state index in [1.807, 2.05) is 0 Å². The first kappa shape index (κ1) is 22.4. The molecule has 7 heteroatoms. The lowest BCUT2D eigenvalue weighted by Crippen LogP contribution is -2.22. The zero-order valence-electron chi connectivity index (χ0n) is 15.7. The summed E-state index contributed by atoms with van der Waals surface area (Å²) in [6.07, 6.45) is 11.6. The number of amides is 1. The van der Waals surface area contributed by atoms with Gasteiger partial charge >= 0.3 is 10.3 Å². The lowest BCUT2D eigenvalue weighted by atomic mass is 10.1. The number of hydrogen-bond acceptors (Lipinski definition) is 4. The lowest BCUT2D eigenvalue weighted by Gasteiger charge is -2.07. The quantitative estimate of drug-likeness (QED) is 0.477. The van der Waals surface area contributed by atoms with Gasteiger partial charge in [-0.05, 0) is 24.1 Å². The summed E-state index contributed by atoms with van der Waals surface area (Å²) in [4.78, 5) is 11.8. The summed E-state index contributed by atoms with van der Waals surface area (Å²) >= 11 is 0. The number of carbonyl (C=O) groups is 1. The topological polar surface area (TPSA) is 98.5 Å². The Kier molecular flexibility index (Phi) is 11.0. The Hall–Kier alpha value is -1.60. The largest absolute Gasteiger partial charge is 0.380 e. The van der Waals surface area contributed by atoms with Crippen LogP contribution in [-0.2, 0) is 21.6 Å². The van der Waals surface area contributed by atoms with Crippen LogP contribution in [0.15, 0.2) is 24.3 Å². The van der Waals surface area contributed by atoms with E-state index in [0.29, 0.717) is 13.0 Å². The van der Waals surface area contributed by atoms with Crippen molar-refractivity contribution in [3.63, 3.8) is 0 Å². The van der Waals surface area contributed by atoms with Crippen molar-refractivity contribution in [2.75, 3.05) is 0 Å². The first-order valence-electron chi connectivity index (χ1n) is 9.48. The third kappa shape index (κ3) is 11.9. The number of nitrogens with two attached hydrogens (primary N) is 1. The normalized spacial score (nSPS) is 11.3. The van der Waals surface area contributed by atoms with E-state index in [9.17, 15) is 13.2 Å². The van der Waals surface area contributed by atoms with Crippen molar-refractivity contribution in [1.82, 2.24) is 5.32 Å². The second kappa shape index (κ2) is 12.7. The minimum atomic E-state index is -4.01. The lowest BCUT2D eigenvalue weighted by molar-refractivity contribution is -0.121. The summed E-state index contributed by atoms with van der Waals surface area (Å²) in [5.41, 5.74) is 0.868. The minimum Gasteiger partial charge on any atom is -0.371 e. The molecular weight excluding hydrogens is 352 g/mol. The van der Waals surface area contributed by atoms with Gasteiger partial charge in [0.05, 0.1) is 0 Å². The minimum absolute atomic E-state index is 0.0396.